The van der Waals surface area contributed by atoms with E-state index in [0.717, 1.165) is 31.7 Å². The van der Waals surface area contributed by atoms with E-state index in [1.165, 1.54) is 18.9 Å². The molecule has 1 fully saturated rings. The quantitative estimate of drug-likeness (QED) is 0.885. The van der Waals surface area contributed by atoms with E-state index >= 15 is 0 Å². The van der Waals surface area contributed by atoms with E-state index in [1.807, 2.05) is 6.07 Å². The van der Waals surface area contributed by atoms with Gasteiger partial charge in [0.2, 0.25) is 0 Å². The molecule has 0 amide bonds. The van der Waals surface area contributed by atoms with Crippen LogP contribution in [0.4, 0.5) is 4.39 Å². The summed E-state index contributed by atoms with van der Waals surface area (Å²) in [5.74, 6) is -0.343. The van der Waals surface area contributed by atoms with Gasteiger partial charge < -0.3 is 5.32 Å². The minimum Gasteiger partial charge on any atom is -0.313 e. The Bertz CT molecular complexity index is 397. The van der Waals surface area contributed by atoms with Crippen LogP contribution in [0.25, 0.3) is 0 Å². The fraction of sp³-hybridized carbons (Fsp3) is 0.571. The number of halogens is 2. The summed E-state index contributed by atoms with van der Waals surface area (Å²) in [7, 11) is 0. The first-order chi connectivity index (χ1) is 8.69. The molecule has 1 unspecified atom stereocenters. The van der Waals surface area contributed by atoms with Crippen LogP contribution >= 0.6 is 11.6 Å². The molecule has 100 valence electrons. The van der Waals surface area contributed by atoms with Crippen molar-refractivity contribution in [3.63, 3.8) is 0 Å². The van der Waals surface area contributed by atoms with E-state index < -0.39 is 0 Å². The predicted molar refractivity (Wildman–Crippen MR) is 73.4 cm³/mol. The van der Waals surface area contributed by atoms with Crippen LogP contribution in [0.3, 0.4) is 0 Å². The van der Waals surface area contributed by atoms with Gasteiger partial charge >= 0.3 is 0 Å². The third kappa shape index (κ3) is 3.67. The molecule has 0 bridgehead atoms. The van der Waals surface area contributed by atoms with Crippen molar-refractivity contribution in [1.82, 2.24) is 10.2 Å². The second-order valence-electron chi connectivity index (χ2n) is 4.92. The Morgan fingerprint density at radius 3 is 3.06 bits per heavy atom. The fourth-order valence-corrected chi connectivity index (χ4v) is 2.59. The van der Waals surface area contributed by atoms with Crippen molar-refractivity contribution in [2.45, 2.75) is 32.4 Å². The summed E-state index contributed by atoms with van der Waals surface area (Å²) in [6, 6.07) is 5.58. The Kier molecular flexibility index (Phi) is 4.98. The molecular formula is C14H20ClFN2. The standard InChI is InChI=1S/C14H20ClFN2/c1-2-6-17-12-5-7-18(10-12)9-11-3-4-14(16)13(15)8-11/h3-4,8,12,17H,2,5-7,9-10H2,1H3. The zero-order valence-corrected chi connectivity index (χ0v) is 11.5. The number of nitrogens with zero attached hydrogens (tertiary/aromatic N) is 1. The Morgan fingerprint density at radius 2 is 2.33 bits per heavy atom. The van der Waals surface area contributed by atoms with Crippen LogP contribution in [0.2, 0.25) is 5.02 Å². The molecule has 0 radical (unpaired) electrons. The van der Waals surface area contributed by atoms with Gasteiger partial charge in [0.05, 0.1) is 5.02 Å². The Morgan fingerprint density at radius 1 is 1.50 bits per heavy atom. The van der Waals surface area contributed by atoms with E-state index in [4.69, 9.17) is 11.6 Å². The molecule has 0 aliphatic carbocycles. The lowest BCUT2D eigenvalue weighted by Gasteiger charge is -2.16. The monoisotopic (exact) mass is 270 g/mol. The van der Waals surface area contributed by atoms with Gasteiger partial charge in [0.15, 0.2) is 0 Å². The molecule has 2 rings (SSSR count). The maximum absolute atomic E-state index is 13.1. The van der Waals surface area contributed by atoms with E-state index in [0.29, 0.717) is 6.04 Å². The van der Waals surface area contributed by atoms with E-state index in [-0.39, 0.29) is 10.8 Å². The topological polar surface area (TPSA) is 15.3 Å². The van der Waals surface area contributed by atoms with Gasteiger partial charge in [0.25, 0.3) is 0 Å². The van der Waals surface area contributed by atoms with Gasteiger partial charge in [-0.1, -0.05) is 24.6 Å². The molecule has 0 spiro atoms. The summed E-state index contributed by atoms with van der Waals surface area (Å²) in [4.78, 5) is 2.39. The highest BCUT2D eigenvalue weighted by Gasteiger charge is 2.21. The van der Waals surface area contributed by atoms with Gasteiger partial charge in [-0.05, 0) is 37.1 Å². The number of benzene rings is 1. The molecular weight excluding hydrogens is 251 g/mol. The second-order valence-corrected chi connectivity index (χ2v) is 5.33. The fourth-order valence-electron chi connectivity index (χ4n) is 2.39. The summed E-state index contributed by atoms with van der Waals surface area (Å²) in [6.07, 6.45) is 2.36. The first-order valence-electron chi connectivity index (χ1n) is 6.58. The Balaban J connectivity index is 1.85. The van der Waals surface area contributed by atoms with Gasteiger partial charge in [-0.2, -0.15) is 0 Å². The maximum Gasteiger partial charge on any atom is 0.141 e. The van der Waals surface area contributed by atoms with Crippen LogP contribution in [0.5, 0.6) is 0 Å². The molecule has 0 aromatic heterocycles. The highest BCUT2D eigenvalue weighted by atomic mass is 35.5. The molecule has 1 N–H and O–H groups in total. The van der Waals surface area contributed by atoms with Crippen LogP contribution in [0.1, 0.15) is 25.3 Å². The number of hydrogen-bond acceptors (Lipinski definition) is 2. The van der Waals surface area contributed by atoms with Gasteiger partial charge in [-0.25, -0.2) is 4.39 Å². The maximum atomic E-state index is 13.1. The van der Waals surface area contributed by atoms with Crippen molar-refractivity contribution in [3.05, 3.63) is 34.6 Å². The third-order valence-corrected chi connectivity index (χ3v) is 3.64. The molecule has 2 nitrogen and oxygen atoms in total. The largest absolute Gasteiger partial charge is 0.313 e. The van der Waals surface area contributed by atoms with Crippen LogP contribution < -0.4 is 5.32 Å². The van der Waals surface area contributed by atoms with Crippen molar-refractivity contribution in [2.24, 2.45) is 0 Å². The van der Waals surface area contributed by atoms with Gasteiger partial charge in [0, 0.05) is 25.7 Å². The third-order valence-electron chi connectivity index (χ3n) is 3.35. The average molecular weight is 271 g/mol. The predicted octanol–water partition coefficient (Wildman–Crippen LogP) is 3.05. The lowest BCUT2D eigenvalue weighted by Crippen LogP contribution is -2.32. The summed E-state index contributed by atoms with van der Waals surface area (Å²) >= 11 is 5.79. The van der Waals surface area contributed by atoms with Crippen molar-refractivity contribution < 1.29 is 4.39 Å². The molecule has 1 saturated heterocycles. The molecule has 1 aliphatic rings. The van der Waals surface area contributed by atoms with E-state index in [1.54, 1.807) is 6.07 Å². The molecule has 1 heterocycles. The molecule has 1 aromatic carbocycles. The zero-order valence-electron chi connectivity index (χ0n) is 10.8. The van der Waals surface area contributed by atoms with Crippen LogP contribution in [-0.2, 0) is 6.54 Å². The van der Waals surface area contributed by atoms with Gasteiger partial charge in [0.1, 0.15) is 5.82 Å². The normalized spacial score (nSPS) is 20.5. The lowest BCUT2D eigenvalue weighted by molar-refractivity contribution is 0.320. The summed E-state index contributed by atoms with van der Waals surface area (Å²) in [6.45, 7) is 6.27. The van der Waals surface area contributed by atoms with Crippen LogP contribution in [0.15, 0.2) is 18.2 Å². The molecule has 0 saturated carbocycles. The molecule has 18 heavy (non-hydrogen) atoms. The van der Waals surface area contributed by atoms with Crippen molar-refractivity contribution in [1.29, 1.82) is 0 Å². The van der Waals surface area contributed by atoms with Crippen LogP contribution in [-0.4, -0.2) is 30.6 Å². The second kappa shape index (κ2) is 6.50. The summed E-state index contributed by atoms with van der Waals surface area (Å²) in [5, 5.41) is 3.75. The lowest BCUT2D eigenvalue weighted by atomic mass is 10.2. The number of likely N-dealkylation sites (tertiary alicyclic amines) is 1. The van der Waals surface area contributed by atoms with E-state index in [9.17, 15) is 4.39 Å². The van der Waals surface area contributed by atoms with Crippen LogP contribution in [0, 0.1) is 5.82 Å². The number of nitrogens with one attached hydrogen (secondary N) is 1. The van der Waals surface area contributed by atoms with Crippen molar-refractivity contribution >= 4 is 11.6 Å². The Labute approximate surface area is 113 Å². The smallest absolute Gasteiger partial charge is 0.141 e. The summed E-state index contributed by atoms with van der Waals surface area (Å²) in [5.41, 5.74) is 1.08. The van der Waals surface area contributed by atoms with Gasteiger partial charge in [-0.3, -0.25) is 4.90 Å². The highest BCUT2D eigenvalue weighted by Crippen LogP contribution is 2.19. The van der Waals surface area contributed by atoms with Crippen molar-refractivity contribution in [3.8, 4) is 0 Å². The molecule has 1 atom stereocenters. The molecule has 1 aliphatic heterocycles. The Hall–Kier alpha value is -0.640. The first kappa shape index (κ1) is 13.8. The molecule has 1 aromatic rings. The van der Waals surface area contributed by atoms with E-state index in [2.05, 4.69) is 17.1 Å². The van der Waals surface area contributed by atoms with Crippen molar-refractivity contribution in [2.75, 3.05) is 19.6 Å². The average Bonchev–Trinajstić information content (AvgIpc) is 2.79. The highest BCUT2D eigenvalue weighted by molar-refractivity contribution is 6.30. The zero-order chi connectivity index (χ0) is 13.0. The first-order valence-corrected chi connectivity index (χ1v) is 6.96. The number of hydrogen-bond donors (Lipinski definition) is 1. The number of rotatable bonds is 5. The molecule has 4 heteroatoms. The van der Waals surface area contributed by atoms with Gasteiger partial charge in [-0.15, -0.1) is 0 Å². The summed E-state index contributed by atoms with van der Waals surface area (Å²) < 4.78 is 13.1. The SMILES string of the molecule is CCCNC1CCN(Cc2ccc(F)c(Cl)c2)C1. The minimum atomic E-state index is -0.343. The minimum absolute atomic E-state index is 0.215.